The minimum absolute atomic E-state index is 0.135. The van der Waals surface area contributed by atoms with Crippen molar-refractivity contribution in [2.24, 2.45) is 0 Å². The Morgan fingerprint density at radius 1 is 1.20 bits per heavy atom. The van der Waals surface area contributed by atoms with Crippen molar-refractivity contribution in [3.05, 3.63) is 23.8 Å². The van der Waals surface area contributed by atoms with E-state index in [9.17, 15) is 8.42 Å². The van der Waals surface area contributed by atoms with Crippen LogP contribution in [-0.2, 0) is 15.7 Å². The molecule has 6 heteroatoms. The first kappa shape index (κ1) is 17.1. The molecule has 1 rings (SSSR count). The normalized spacial score (nSPS) is 11.3. The Morgan fingerprint density at radius 2 is 1.95 bits per heavy atom. The van der Waals surface area contributed by atoms with Crippen molar-refractivity contribution >= 4 is 21.4 Å². The van der Waals surface area contributed by atoms with Gasteiger partial charge in [-0.15, -0.1) is 11.6 Å². The van der Waals surface area contributed by atoms with Crippen LogP contribution in [0.25, 0.3) is 0 Å². The standard InChI is InChI=1S/C14H21ClO4S/c1-3-18-13-8-5-7-12(11-15)14(13)19-9-6-10-20(16,17)4-2/h5,7-8H,3-4,6,9-11H2,1-2H3. The molecule has 0 amide bonds. The van der Waals surface area contributed by atoms with Crippen molar-refractivity contribution in [2.75, 3.05) is 24.7 Å². The van der Waals surface area contributed by atoms with Crippen molar-refractivity contribution in [1.82, 2.24) is 0 Å². The van der Waals surface area contributed by atoms with Crippen LogP contribution in [0.5, 0.6) is 11.5 Å². The SMILES string of the molecule is CCOc1cccc(CCl)c1OCCCS(=O)(=O)CC. The lowest BCUT2D eigenvalue weighted by molar-refractivity contribution is 0.275. The molecule has 1 aromatic carbocycles. The summed E-state index contributed by atoms with van der Waals surface area (Å²) in [5.41, 5.74) is 0.843. The number of benzene rings is 1. The lowest BCUT2D eigenvalue weighted by Crippen LogP contribution is -2.12. The quantitative estimate of drug-likeness (QED) is 0.518. The predicted octanol–water partition coefficient (Wildman–Crippen LogP) is 3.03. The Hall–Kier alpha value is -0.940. The van der Waals surface area contributed by atoms with Crippen LogP contribution < -0.4 is 9.47 Å². The molecule has 20 heavy (non-hydrogen) atoms. The summed E-state index contributed by atoms with van der Waals surface area (Å²) in [6, 6.07) is 5.54. The lowest BCUT2D eigenvalue weighted by Gasteiger charge is -2.14. The van der Waals surface area contributed by atoms with Gasteiger partial charge in [-0.1, -0.05) is 19.1 Å². The number of ether oxygens (including phenoxy) is 2. The van der Waals surface area contributed by atoms with Gasteiger partial charge in [0.1, 0.15) is 9.84 Å². The Kier molecular flexibility index (Phi) is 7.16. The summed E-state index contributed by atoms with van der Waals surface area (Å²) in [5, 5.41) is 0. The predicted molar refractivity (Wildman–Crippen MR) is 81.6 cm³/mol. The maximum absolute atomic E-state index is 11.4. The molecule has 0 unspecified atom stereocenters. The van der Waals surface area contributed by atoms with E-state index < -0.39 is 9.84 Å². The Morgan fingerprint density at radius 3 is 2.55 bits per heavy atom. The fourth-order valence-corrected chi connectivity index (χ4v) is 2.75. The molecular weight excluding hydrogens is 300 g/mol. The van der Waals surface area contributed by atoms with Gasteiger partial charge in [-0.2, -0.15) is 0 Å². The molecule has 0 aliphatic carbocycles. The van der Waals surface area contributed by atoms with Gasteiger partial charge < -0.3 is 9.47 Å². The third-order valence-corrected chi connectivity index (χ3v) is 4.87. The van der Waals surface area contributed by atoms with Gasteiger partial charge in [-0.25, -0.2) is 8.42 Å². The Labute approximate surface area is 126 Å². The van der Waals surface area contributed by atoms with Crippen LogP contribution in [-0.4, -0.2) is 33.1 Å². The lowest BCUT2D eigenvalue weighted by atomic mass is 10.2. The van der Waals surface area contributed by atoms with Gasteiger partial charge >= 0.3 is 0 Å². The first-order chi connectivity index (χ1) is 9.54. The van der Waals surface area contributed by atoms with Crippen molar-refractivity contribution in [3.63, 3.8) is 0 Å². The maximum atomic E-state index is 11.4. The molecule has 0 N–H and O–H groups in total. The fraction of sp³-hybridized carbons (Fsp3) is 0.571. The number of rotatable bonds is 9. The third kappa shape index (κ3) is 5.21. The first-order valence-corrected chi connectivity index (χ1v) is 9.03. The van der Waals surface area contributed by atoms with E-state index in [1.165, 1.54) is 0 Å². The molecule has 0 atom stereocenters. The highest BCUT2D eigenvalue weighted by molar-refractivity contribution is 7.91. The van der Waals surface area contributed by atoms with Gasteiger partial charge in [0.25, 0.3) is 0 Å². The maximum Gasteiger partial charge on any atom is 0.165 e. The third-order valence-electron chi connectivity index (χ3n) is 2.79. The smallest absolute Gasteiger partial charge is 0.165 e. The molecule has 0 fully saturated rings. The number of para-hydroxylation sites is 1. The summed E-state index contributed by atoms with van der Waals surface area (Å²) in [4.78, 5) is 0. The highest BCUT2D eigenvalue weighted by Gasteiger charge is 2.11. The molecule has 0 bridgehead atoms. The first-order valence-electron chi connectivity index (χ1n) is 6.68. The average Bonchev–Trinajstić information content (AvgIpc) is 2.45. The zero-order valence-electron chi connectivity index (χ0n) is 11.9. The summed E-state index contributed by atoms with van der Waals surface area (Å²) in [6.07, 6.45) is 0.457. The number of sulfone groups is 1. The summed E-state index contributed by atoms with van der Waals surface area (Å²) in [7, 11) is -2.95. The molecule has 0 heterocycles. The molecule has 0 radical (unpaired) electrons. The van der Waals surface area contributed by atoms with Gasteiger partial charge in [-0.05, 0) is 19.4 Å². The van der Waals surface area contributed by atoms with Crippen LogP contribution in [0.3, 0.4) is 0 Å². The molecule has 0 spiro atoms. The zero-order chi connectivity index (χ0) is 15.0. The zero-order valence-corrected chi connectivity index (χ0v) is 13.5. The van der Waals surface area contributed by atoms with Gasteiger partial charge in [0.15, 0.2) is 11.5 Å². The largest absolute Gasteiger partial charge is 0.490 e. The van der Waals surface area contributed by atoms with Gasteiger partial charge in [0.05, 0.1) is 24.8 Å². The van der Waals surface area contributed by atoms with Crippen LogP contribution in [0.15, 0.2) is 18.2 Å². The van der Waals surface area contributed by atoms with E-state index in [2.05, 4.69) is 0 Å². The topological polar surface area (TPSA) is 52.6 Å². The monoisotopic (exact) mass is 320 g/mol. The summed E-state index contributed by atoms with van der Waals surface area (Å²) >= 11 is 5.88. The van der Waals surface area contributed by atoms with E-state index in [0.717, 1.165) is 5.56 Å². The second-order valence-electron chi connectivity index (χ2n) is 4.25. The molecular formula is C14H21ClO4S. The molecule has 1 aromatic rings. The van der Waals surface area contributed by atoms with E-state index in [-0.39, 0.29) is 11.5 Å². The fourth-order valence-electron chi connectivity index (χ4n) is 1.70. The molecule has 0 aromatic heterocycles. The van der Waals surface area contributed by atoms with Gasteiger partial charge in [0.2, 0.25) is 0 Å². The number of alkyl halides is 1. The minimum Gasteiger partial charge on any atom is -0.490 e. The summed E-state index contributed by atoms with van der Waals surface area (Å²) in [6.45, 7) is 4.40. The van der Waals surface area contributed by atoms with E-state index >= 15 is 0 Å². The van der Waals surface area contributed by atoms with Gasteiger partial charge in [-0.3, -0.25) is 0 Å². The Balaban J connectivity index is 2.66. The van der Waals surface area contributed by atoms with E-state index in [0.29, 0.717) is 37.0 Å². The molecule has 0 aliphatic rings. The second kappa shape index (κ2) is 8.37. The minimum atomic E-state index is -2.95. The average molecular weight is 321 g/mol. The highest BCUT2D eigenvalue weighted by atomic mass is 35.5. The second-order valence-corrected chi connectivity index (χ2v) is 6.99. The summed E-state index contributed by atoms with van der Waals surface area (Å²) in [5.74, 6) is 1.87. The van der Waals surface area contributed by atoms with Crippen LogP contribution >= 0.6 is 11.6 Å². The van der Waals surface area contributed by atoms with Gasteiger partial charge in [0, 0.05) is 11.3 Å². The number of halogens is 1. The van der Waals surface area contributed by atoms with E-state index in [1.807, 2.05) is 25.1 Å². The number of hydrogen-bond donors (Lipinski definition) is 0. The van der Waals surface area contributed by atoms with Crippen molar-refractivity contribution in [1.29, 1.82) is 0 Å². The van der Waals surface area contributed by atoms with Crippen LogP contribution in [0.1, 0.15) is 25.8 Å². The van der Waals surface area contributed by atoms with Crippen LogP contribution in [0, 0.1) is 0 Å². The molecule has 0 saturated carbocycles. The van der Waals surface area contributed by atoms with Crippen molar-refractivity contribution < 1.29 is 17.9 Å². The van der Waals surface area contributed by atoms with Crippen molar-refractivity contribution in [3.8, 4) is 11.5 Å². The molecule has 0 aliphatic heterocycles. The van der Waals surface area contributed by atoms with Crippen LogP contribution in [0.2, 0.25) is 0 Å². The number of hydrogen-bond acceptors (Lipinski definition) is 4. The highest BCUT2D eigenvalue weighted by Crippen LogP contribution is 2.32. The Bertz CT molecular complexity index is 514. The summed E-state index contributed by atoms with van der Waals surface area (Å²) < 4.78 is 34.0. The molecule has 114 valence electrons. The van der Waals surface area contributed by atoms with Crippen LogP contribution in [0.4, 0.5) is 0 Å². The van der Waals surface area contributed by atoms with E-state index in [4.69, 9.17) is 21.1 Å². The van der Waals surface area contributed by atoms with E-state index in [1.54, 1.807) is 6.92 Å². The molecule has 4 nitrogen and oxygen atoms in total. The molecule has 0 saturated heterocycles. The van der Waals surface area contributed by atoms with Crippen molar-refractivity contribution in [2.45, 2.75) is 26.1 Å².